The summed E-state index contributed by atoms with van der Waals surface area (Å²) in [6.07, 6.45) is 10.0. The maximum atomic E-state index is 5.67. The lowest BCUT2D eigenvalue weighted by atomic mass is 9.82. The second-order valence-corrected chi connectivity index (χ2v) is 6.45. The van der Waals surface area contributed by atoms with E-state index < -0.39 is 0 Å². The lowest BCUT2D eigenvalue weighted by Crippen LogP contribution is -2.58. The van der Waals surface area contributed by atoms with E-state index in [1.54, 1.807) is 0 Å². The molecule has 1 aliphatic carbocycles. The predicted octanol–water partition coefficient (Wildman–Crippen LogP) is 2.82. The topological polar surface area (TPSA) is 24.5 Å². The number of nitrogens with zero attached hydrogens (tertiary/aromatic N) is 1. The highest BCUT2D eigenvalue weighted by atomic mass is 16.5. The minimum atomic E-state index is 0.637. The lowest BCUT2D eigenvalue weighted by Gasteiger charge is -2.42. The fourth-order valence-electron chi connectivity index (χ4n) is 3.56. The van der Waals surface area contributed by atoms with Gasteiger partial charge in [0.15, 0.2) is 0 Å². The van der Waals surface area contributed by atoms with Crippen LogP contribution in [0.5, 0.6) is 0 Å². The average Bonchev–Trinajstić information content (AvgIpc) is 2.49. The van der Waals surface area contributed by atoms with Gasteiger partial charge in [0, 0.05) is 31.7 Å². The Kier molecular flexibility index (Phi) is 7.05. The van der Waals surface area contributed by atoms with Crippen molar-refractivity contribution in [2.24, 2.45) is 5.92 Å². The van der Waals surface area contributed by atoms with E-state index in [-0.39, 0.29) is 0 Å². The molecule has 2 rings (SSSR count). The van der Waals surface area contributed by atoms with Crippen LogP contribution in [-0.4, -0.2) is 49.8 Å². The van der Waals surface area contributed by atoms with Crippen LogP contribution in [0.25, 0.3) is 0 Å². The molecule has 1 saturated heterocycles. The molecule has 0 bridgehead atoms. The van der Waals surface area contributed by atoms with Crippen molar-refractivity contribution in [2.75, 3.05) is 32.8 Å². The van der Waals surface area contributed by atoms with E-state index >= 15 is 0 Å². The van der Waals surface area contributed by atoms with E-state index in [1.807, 2.05) is 6.08 Å². The van der Waals surface area contributed by atoms with Crippen LogP contribution in [0, 0.1) is 5.92 Å². The zero-order valence-electron chi connectivity index (χ0n) is 13.2. The van der Waals surface area contributed by atoms with Gasteiger partial charge in [0.1, 0.15) is 0 Å². The van der Waals surface area contributed by atoms with Crippen LogP contribution in [0.2, 0.25) is 0 Å². The first kappa shape index (κ1) is 16.0. The van der Waals surface area contributed by atoms with Crippen LogP contribution in [0.1, 0.15) is 45.4 Å². The van der Waals surface area contributed by atoms with Crippen molar-refractivity contribution in [1.29, 1.82) is 0 Å². The van der Waals surface area contributed by atoms with Gasteiger partial charge in [-0.1, -0.05) is 25.3 Å². The summed E-state index contributed by atoms with van der Waals surface area (Å²) < 4.78 is 5.67. The van der Waals surface area contributed by atoms with Gasteiger partial charge in [-0.25, -0.2) is 0 Å². The van der Waals surface area contributed by atoms with Gasteiger partial charge in [0.05, 0.1) is 13.2 Å². The SMILES string of the molecule is C=CCCOCCN1CC(C2CCCCC2)NCC1C. The highest BCUT2D eigenvalue weighted by Gasteiger charge is 2.30. The van der Waals surface area contributed by atoms with Crippen LogP contribution >= 0.6 is 0 Å². The normalized spacial score (nSPS) is 29.4. The number of hydrogen-bond acceptors (Lipinski definition) is 3. The Hall–Kier alpha value is -0.380. The van der Waals surface area contributed by atoms with Crippen molar-refractivity contribution in [1.82, 2.24) is 10.2 Å². The molecule has 2 atom stereocenters. The van der Waals surface area contributed by atoms with Gasteiger partial charge in [0.25, 0.3) is 0 Å². The van der Waals surface area contributed by atoms with Crippen LogP contribution in [0.4, 0.5) is 0 Å². The number of piperazine rings is 1. The first-order valence-corrected chi connectivity index (χ1v) is 8.47. The Morgan fingerprint density at radius 1 is 1.25 bits per heavy atom. The molecule has 0 aromatic rings. The van der Waals surface area contributed by atoms with Crippen LogP contribution < -0.4 is 5.32 Å². The highest BCUT2D eigenvalue weighted by molar-refractivity contribution is 4.89. The predicted molar refractivity (Wildman–Crippen MR) is 85.0 cm³/mol. The molecule has 0 amide bonds. The molecule has 0 aromatic carbocycles. The molecular formula is C17H32N2O. The zero-order chi connectivity index (χ0) is 14.2. The molecule has 1 aliphatic heterocycles. The summed E-state index contributed by atoms with van der Waals surface area (Å²) in [7, 11) is 0. The van der Waals surface area contributed by atoms with Crippen molar-refractivity contribution in [2.45, 2.75) is 57.5 Å². The molecule has 0 radical (unpaired) electrons. The van der Waals surface area contributed by atoms with E-state index in [9.17, 15) is 0 Å². The van der Waals surface area contributed by atoms with E-state index in [0.717, 1.165) is 38.6 Å². The average molecular weight is 280 g/mol. The summed E-state index contributed by atoms with van der Waals surface area (Å²) in [6, 6.07) is 1.34. The Bertz CT molecular complexity index is 276. The Balaban J connectivity index is 1.71. The maximum absolute atomic E-state index is 5.67. The minimum Gasteiger partial charge on any atom is -0.380 e. The van der Waals surface area contributed by atoms with Crippen LogP contribution in [0.15, 0.2) is 12.7 Å². The molecule has 2 aliphatic rings. The summed E-state index contributed by atoms with van der Waals surface area (Å²) in [6.45, 7) is 11.1. The van der Waals surface area contributed by atoms with Gasteiger partial charge in [-0.2, -0.15) is 0 Å². The van der Waals surface area contributed by atoms with Crippen molar-refractivity contribution in [3.8, 4) is 0 Å². The fraction of sp³-hybridized carbons (Fsp3) is 0.882. The summed E-state index contributed by atoms with van der Waals surface area (Å²) in [4.78, 5) is 2.61. The fourth-order valence-corrected chi connectivity index (χ4v) is 3.56. The molecule has 0 spiro atoms. The molecule has 0 aromatic heterocycles. The summed E-state index contributed by atoms with van der Waals surface area (Å²) in [5, 5.41) is 3.78. The molecular weight excluding hydrogens is 248 g/mol. The first-order chi connectivity index (χ1) is 9.81. The van der Waals surface area contributed by atoms with E-state index in [4.69, 9.17) is 4.74 Å². The summed E-state index contributed by atoms with van der Waals surface area (Å²) in [5.41, 5.74) is 0. The maximum Gasteiger partial charge on any atom is 0.0593 e. The molecule has 1 saturated carbocycles. The lowest BCUT2D eigenvalue weighted by molar-refractivity contribution is 0.0586. The van der Waals surface area contributed by atoms with E-state index in [1.165, 1.54) is 38.6 Å². The quantitative estimate of drug-likeness (QED) is 0.573. The standard InChI is InChI=1S/C17H32N2O/c1-3-4-11-20-12-10-19-14-17(18-13-15(19)2)16-8-6-5-7-9-16/h3,15-18H,1,4-14H2,2H3. The van der Waals surface area contributed by atoms with E-state index in [0.29, 0.717) is 12.1 Å². The number of hydrogen-bond donors (Lipinski definition) is 1. The third-order valence-corrected chi connectivity index (χ3v) is 4.94. The second kappa shape index (κ2) is 8.81. The third-order valence-electron chi connectivity index (χ3n) is 4.94. The van der Waals surface area contributed by atoms with Crippen molar-refractivity contribution < 1.29 is 4.74 Å². The number of ether oxygens (including phenoxy) is 1. The van der Waals surface area contributed by atoms with Gasteiger partial charge in [-0.05, 0) is 32.1 Å². The van der Waals surface area contributed by atoms with Gasteiger partial charge < -0.3 is 10.1 Å². The number of nitrogens with one attached hydrogen (secondary N) is 1. The molecule has 3 heteroatoms. The molecule has 3 nitrogen and oxygen atoms in total. The van der Waals surface area contributed by atoms with Gasteiger partial charge >= 0.3 is 0 Å². The third kappa shape index (κ3) is 4.87. The highest BCUT2D eigenvalue weighted by Crippen LogP contribution is 2.28. The smallest absolute Gasteiger partial charge is 0.0593 e. The van der Waals surface area contributed by atoms with Crippen LogP contribution in [-0.2, 0) is 4.74 Å². The Morgan fingerprint density at radius 2 is 2.05 bits per heavy atom. The van der Waals surface area contributed by atoms with Crippen LogP contribution in [0.3, 0.4) is 0 Å². The largest absolute Gasteiger partial charge is 0.380 e. The second-order valence-electron chi connectivity index (χ2n) is 6.45. The van der Waals surface area contributed by atoms with Gasteiger partial charge in [-0.15, -0.1) is 6.58 Å². The molecule has 2 unspecified atom stereocenters. The van der Waals surface area contributed by atoms with Crippen molar-refractivity contribution in [3.63, 3.8) is 0 Å². The van der Waals surface area contributed by atoms with Crippen molar-refractivity contribution >= 4 is 0 Å². The Labute approximate surface area is 124 Å². The number of rotatable bonds is 7. The van der Waals surface area contributed by atoms with Crippen molar-refractivity contribution in [3.05, 3.63) is 12.7 Å². The van der Waals surface area contributed by atoms with Gasteiger partial charge in [0.2, 0.25) is 0 Å². The molecule has 1 N–H and O–H groups in total. The summed E-state index contributed by atoms with van der Waals surface area (Å²) >= 11 is 0. The zero-order valence-corrected chi connectivity index (χ0v) is 13.2. The van der Waals surface area contributed by atoms with E-state index in [2.05, 4.69) is 23.7 Å². The monoisotopic (exact) mass is 280 g/mol. The molecule has 2 fully saturated rings. The minimum absolute atomic E-state index is 0.637. The van der Waals surface area contributed by atoms with Gasteiger partial charge in [-0.3, -0.25) is 4.90 Å². The summed E-state index contributed by atoms with van der Waals surface area (Å²) in [5.74, 6) is 0.903. The molecule has 20 heavy (non-hydrogen) atoms. The first-order valence-electron chi connectivity index (χ1n) is 8.47. The molecule has 116 valence electrons. The molecule has 1 heterocycles. The Morgan fingerprint density at radius 3 is 2.80 bits per heavy atom.